The summed E-state index contributed by atoms with van der Waals surface area (Å²) in [5, 5.41) is 11.8. The first-order valence-electron chi connectivity index (χ1n) is 3.60. The summed E-state index contributed by atoms with van der Waals surface area (Å²) in [5.41, 5.74) is 1.07. The van der Waals surface area contributed by atoms with E-state index in [2.05, 4.69) is 18.0 Å². The molecule has 0 amide bonds. The average Bonchev–Trinajstić information content (AvgIpc) is 2.04. The summed E-state index contributed by atoms with van der Waals surface area (Å²) in [6.45, 7) is 4.57. The third kappa shape index (κ3) is 1.79. The summed E-state index contributed by atoms with van der Waals surface area (Å²) in [7, 11) is 1.61. The van der Waals surface area contributed by atoms with Crippen molar-refractivity contribution in [2.75, 3.05) is 13.7 Å². The number of nitriles is 1. The van der Waals surface area contributed by atoms with Gasteiger partial charge in [0, 0.05) is 13.7 Å². The lowest BCUT2D eigenvalue weighted by Crippen LogP contribution is -2.42. The van der Waals surface area contributed by atoms with Gasteiger partial charge in [-0.1, -0.05) is 12.2 Å². The predicted molar refractivity (Wildman–Crippen MR) is 41.7 cm³/mol. The molecule has 1 aliphatic heterocycles. The molecule has 1 saturated heterocycles. The zero-order chi connectivity index (χ0) is 8.27. The first-order chi connectivity index (χ1) is 5.27. The molecule has 1 aliphatic rings. The van der Waals surface area contributed by atoms with Crippen LogP contribution in [0.5, 0.6) is 0 Å². The van der Waals surface area contributed by atoms with E-state index in [0.29, 0.717) is 0 Å². The molecule has 1 rings (SSSR count). The highest BCUT2D eigenvalue weighted by atomic mass is 16.5. The first-order valence-corrected chi connectivity index (χ1v) is 3.60. The van der Waals surface area contributed by atoms with Gasteiger partial charge in [0.05, 0.1) is 12.0 Å². The van der Waals surface area contributed by atoms with Crippen molar-refractivity contribution in [2.45, 2.75) is 12.6 Å². The fraction of sp³-hybridized carbons (Fsp3) is 0.625. The number of piperidine rings is 1. The normalized spacial score (nSPS) is 31.5. The summed E-state index contributed by atoms with van der Waals surface area (Å²) in [6.07, 6.45) is 0.632. The number of rotatable bonds is 1. The molecule has 0 bridgehead atoms. The molecule has 0 radical (unpaired) electrons. The quantitative estimate of drug-likeness (QED) is 0.561. The van der Waals surface area contributed by atoms with Crippen molar-refractivity contribution >= 4 is 0 Å². The predicted octanol–water partition coefficient (Wildman–Crippen LogP) is 0.648. The van der Waals surface area contributed by atoms with E-state index in [1.54, 1.807) is 7.11 Å². The van der Waals surface area contributed by atoms with Crippen LogP contribution in [0.25, 0.3) is 0 Å². The van der Waals surface area contributed by atoms with Crippen molar-refractivity contribution in [3.63, 3.8) is 0 Å². The second-order valence-electron chi connectivity index (χ2n) is 2.73. The van der Waals surface area contributed by atoms with Gasteiger partial charge in [0.15, 0.2) is 0 Å². The van der Waals surface area contributed by atoms with E-state index in [1.165, 1.54) is 0 Å². The van der Waals surface area contributed by atoms with Crippen molar-refractivity contribution in [1.29, 1.82) is 5.26 Å². The van der Waals surface area contributed by atoms with Crippen molar-refractivity contribution in [1.82, 2.24) is 5.32 Å². The molecular weight excluding hydrogens is 140 g/mol. The highest BCUT2D eigenvalue weighted by Gasteiger charge is 2.25. The molecule has 3 heteroatoms. The summed E-state index contributed by atoms with van der Waals surface area (Å²) in [5.74, 6) is -0.0822. The second-order valence-corrected chi connectivity index (χ2v) is 2.73. The van der Waals surface area contributed by atoms with E-state index in [9.17, 15) is 0 Å². The zero-order valence-electron chi connectivity index (χ0n) is 6.63. The van der Waals surface area contributed by atoms with Crippen LogP contribution in [0, 0.1) is 17.2 Å². The average molecular weight is 152 g/mol. The standard InChI is InChI=1S/C8H12N2O/c1-6-3-7(4-9)8(11-2)10-5-6/h7-8,10H,1,3,5H2,2H3. The molecule has 11 heavy (non-hydrogen) atoms. The van der Waals surface area contributed by atoms with Gasteiger partial charge in [0.2, 0.25) is 0 Å². The monoisotopic (exact) mass is 152 g/mol. The maximum Gasteiger partial charge on any atom is 0.124 e. The fourth-order valence-electron chi connectivity index (χ4n) is 1.24. The van der Waals surface area contributed by atoms with Crippen LogP contribution in [0.15, 0.2) is 12.2 Å². The van der Waals surface area contributed by atoms with Crippen LogP contribution < -0.4 is 5.32 Å². The summed E-state index contributed by atoms with van der Waals surface area (Å²) >= 11 is 0. The molecule has 0 aromatic carbocycles. The summed E-state index contributed by atoms with van der Waals surface area (Å²) in [6, 6.07) is 2.19. The highest BCUT2D eigenvalue weighted by Crippen LogP contribution is 2.18. The van der Waals surface area contributed by atoms with Gasteiger partial charge in [0.25, 0.3) is 0 Å². The molecule has 0 aromatic rings. The molecule has 60 valence electrons. The van der Waals surface area contributed by atoms with Gasteiger partial charge in [-0.3, -0.25) is 5.32 Å². The third-order valence-electron chi connectivity index (χ3n) is 1.85. The SMILES string of the molecule is C=C1CNC(OC)C(C#N)C1. The lowest BCUT2D eigenvalue weighted by atomic mass is 9.96. The maximum atomic E-state index is 8.70. The Morgan fingerprint density at radius 2 is 2.55 bits per heavy atom. The van der Waals surface area contributed by atoms with Crippen molar-refractivity contribution in [3.05, 3.63) is 12.2 Å². The molecular formula is C8H12N2O. The summed E-state index contributed by atoms with van der Waals surface area (Å²) in [4.78, 5) is 0. The van der Waals surface area contributed by atoms with Gasteiger partial charge >= 0.3 is 0 Å². The molecule has 2 atom stereocenters. The summed E-state index contributed by atoms with van der Waals surface area (Å²) < 4.78 is 5.07. The van der Waals surface area contributed by atoms with Gasteiger partial charge < -0.3 is 4.74 Å². The minimum Gasteiger partial charge on any atom is -0.365 e. The lowest BCUT2D eigenvalue weighted by molar-refractivity contribution is 0.0361. The topological polar surface area (TPSA) is 45.0 Å². The molecule has 1 fully saturated rings. The van der Waals surface area contributed by atoms with Crippen molar-refractivity contribution in [3.8, 4) is 6.07 Å². The van der Waals surface area contributed by atoms with Crippen molar-refractivity contribution in [2.24, 2.45) is 5.92 Å². The van der Waals surface area contributed by atoms with E-state index in [0.717, 1.165) is 18.5 Å². The smallest absolute Gasteiger partial charge is 0.124 e. The highest BCUT2D eigenvalue weighted by molar-refractivity contribution is 5.08. The Hall–Kier alpha value is -0.850. The van der Waals surface area contributed by atoms with E-state index < -0.39 is 0 Å². The molecule has 1 N–H and O–H groups in total. The Kier molecular flexibility index (Phi) is 2.64. The molecule has 2 unspecified atom stereocenters. The Morgan fingerprint density at radius 1 is 1.82 bits per heavy atom. The van der Waals surface area contributed by atoms with Gasteiger partial charge in [0.1, 0.15) is 6.23 Å². The van der Waals surface area contributed by atoms with E-state index in [-0.39, 0.29) is 12.1 Å². The van der Waals surface area contributed by atoms with Crippen LogP contribution in [0.1, 0.15) is 6.42 Å². The Morgan fingerprint density at radius 3 is 3.09 bits per heavy atom. The van der Waals surface area contributed by atoms with E-state index in [1.807, 2.05) is 0 Å². The Bertz CT molecular complexity index is 195. The van der Waals surface area contributed by atoms with Crippen molar-refractivity contribution < 1.29 is 4.74 Å². The first kappa shape index (κ1) is 8.25. The zero-order valence-corrected chi connectivity index (χ0v) is 6.63. The maximum absolute atomic E-state index is 8.70. The van der Waals surface area contributed by atoms with Crippen LogP contribution in [-0.4, -0.2) is 19.9 Å². The molecule has 1 heterocycles. The van der Waals surface area contributed by atoms with Crippen LogP contribution >= 0.6 is 0 Å². The Balaban J connectivity index is 2.56. The molecule has 0 spiro atoms. The number of methoxy groups -OCH3 is 1. The van der Waals surface area contributed by atoms with Gasteiger partial charge in [-0.15, -0.1) is 0 Å². The minimum atomic E-state index is -0.120. The molecule has 0 aromatic heterocycles. The van der Waals surface area contributed by atoms with E-state index >= 15 is 0 Å². The van der Waals surface area contributed by atoms with Crippen LogP contribution in [0.4, 0.5) is 0 Å². The fourth-order valence-corrected chi connectivity index (χ4v) is 1.24. The molecule has 0 saturated carbocycles. The number of hydrogen-bond acceptors (Lipinski definition) is 3. The largest absolute Gasteiger partial charge is 0.365 e. The number of hydrogen-bond donors (Lipinski definition) is 1. The lowest BCUT2D eigenvalue weighted by Gasteiger charge is -2.27. The van der Waals surface area contributed by atoms with Crippen LogP contribution in [0.3, 0.4) is 0 Å². The van der Waals surface area contributed by atoms with E-state index in [4.69, 9.17) is 10.00 Å². The molecule has 3 nitrogen and oxygen atoms in total. The minimum absolute atomic E-state index is 0.0822. The number of nitrogens with one attached hydrogen (secondary N) is 1. The molecule has 0 aliphatic carbocycles. The van der Waals surface area contributed by atoms with Crippen LogP contribution in [-0.2, 0) is 4.74 Å². The Labute approximate surface area is 66.7 Å². The third-order valence-corrected chi connectivity index (χ3v) is 1.85. The second kappa shape index (κ2) is 3.51. The number of ether oxygens (including phenoxy) is 1. The van der Waals surface area contributed by atoms with Gasteiger partial charge in [-0.2, -0.15) is 5.26 Å². The van der Waals surface area contributed by atoms with Crippen LogP contribution in [0.2, 0.25) is 0 Å². The van der Waals surface area contributed by atoms with Gasteiger partial charge in [-0.05, 0) is 6.42 Å². The number of nitrogens with zero attached hydrogens (tertiary/aromatic N) is 1. The van der Waals surface area contributed by atoms with Gasteiger partial charge in [-0.25, -0.2) is 0 Å².